The first-order chi connectivity index (χ1) is 15.4. The molecular weight excluding hydrogens is 406 g/mol. The molecule has 2 aromatic carbocycles. The molecule has 0 fully saturated rings. The lowest BCUT2D eigenvalue weighted by Crippen LogP contribution is -2.31. The maximum absolute atomic E-state index is 12.6. The summed E-state index contributed by atoms with van der Waals surface area (Å²) < 4.78 is 1.82. The molecule has 0 unspecified atom stereocenters. The molecule has 166 valence electrons. The highest BCUT2D eigenvalue weighted by Crippen LogP contribution is 2.15. The normalized spacial score (nSPS) is 10.6. The van der Waals surface area contributed by atoms with E-state index in [0.717, 1.165) is 5.56 Å². The van der Waals surface area contributed by atoms with Gasteiger partial charge in [0.2, 0.25) is 11.8 Å². The fourth-order valence-corrected chi connectivity index (χ4v) is 3.08. The summed E-state index contributed by atoms with van der Waals surface area (Å²) in [6.45, 7) is 4.36. The topological polar surface area (TPSA) is 105 Å². The zero-order chi connectivity index (χ0) is 22.9. The van der Waals surface area contributed by atoms with Crippen molar-refractivity contribution in [1.82, 2.24) is 14.9 Å². The average molecular weight is 434 g/mol. The summed E-state index contributed by atoms with van der Waals surface area (Å²) in [5, 5.41) is 8.50. The highest BCUT2D eigenvalue weighted by Gasteiger charge is 2.10. The minimum Gasteiger partial charge on any atom is -0.354 e. The summed E-state index contributed by atoms with van der Waals surface area (Å²) in [4.78, 5) is 40.6. The van der Waals surface area contributed by atoms with Crippen LogP contribution >= 0.6 is 0 Å². The van der Waals surface area contributed by atoms with E-state index in [0.29, 0.717) is 29.9 Å². The second kappa shape index (κ2) is 10.9. The Hall–Kier alpha value is -3.94. The Bertz CT molecular complexity index is 1060. The molecule has 8 nitrogen and oxygen atoms in total. The number of imidazole rings is 1. The van der Waals surface area contributed by atoms with Crippen molar-refractivity contribution in [3.05, 3.63) is 78.4 Å². The van der Waals surface area contributed by atoms with E-state index in [9.17, 15) is 14.4 Å². The van der Waals surface area contributed by atoms with Gasteiger partial charge in [-0.2, -0.15) is 0 Å². The van der Waals surface area contributed by atoms with Crippen molar-refractivity contribution >= 4 is 29.1 Å². The molecule has 0 saturated heterocycles. The Kier molecular flexibility index (Phi) is 7.75. The molecule has 0 aliphatic rings. The van der Waals surface area contributed by atoms with Crippen molar-refractivity contribution in [2.24, 2.45) is 0 Å². The van der Waals surface area contributed by atoms with Gasteiger partial charge in [-0.3, -0.25) is 14.4 Å². The Morgan fingerprint density at radius 3 is 2.44 bits per heavy atom. The summed E-state index contributed by atoms with van der Waals surface area (Å²) >= 11 is 0. The third kappa shape index (κ3) is 7.09. The molecule has 3 amide bonds. The van der Waals surface area contributed by atoms with Crippen LogP contribution in [0.1, 0.15) is 36.2 Å². The molecule has 1 heterocycles. The van der Waals surface area contributed by atoms with Gasteiger partial charge >= 0.3 is 0 Å². The van der Waals surface area contributed by atoms with Crippen LogP contribution in [0.25, 0.3) is 0 Å². The maximum Gasteiger partial charge on any atom is 0.255 e. The number of benzene rings is 2. The number of nitrogens with zero attached hydrogens (tertiary/aromatic N) is 2. The first-order valence-electron chi connectivity index (χ1n) is 10.4. The standard InChI is InChI=1S/C24H27N5O3/c1-17(2)26-23(31)14-18-6-8-20(9-7-18)28-24(32)19-4-3-5-21(15-19)27-22(30)10-12-29-13-11-25-16-29/h3-9,11,13,15-17H,10,12,14H2,1-2H3,(H,26,31)(H,27,30)(H,28,32). The van der Waals surface area contributed by atoms with Crippen LogP contribution in [0.5, 0.6) is 0 Å². The molecule has 3 rings (SSSR count). The molecule has 0 bridgehead atoms. The van der Waals surface area contributed by atoms with Crippen LogP contribution in [-0.4, -0.2) is 33.3 Å². The summed E-state index contributed by atoms with van der Waals surface area (Å²) in [5.74, 6) is -0.473. The Morgan fingerprint density at radius 2 is 1.75 bits per heavy atom. The van der Waals surface area contributed by atoms with Crippen molar-refractivity contribution < 1.29 is 14.4 Å². The van der Waals surface area contributed by atoms with Crippen molar-refractivity contribution in [2.45, 2.75) is 39.3 Å². The van der Waals surface area contributed by atoms with Gasteiger partial charge in [0.1, 0.15) is 0 Å². The van der Waals surface area contributed by atoms with E-state index < -0.39 is 0 Å². The van der Waals surface area contributed by atoms with Crippen LogP contribution < -0.4 is 16.0 Å². The third-order valence-electron chi connectivity index (χ3n) is 4.59. The monoisotopic (exact) mass is 433 g/mol. The van der Waals surface area contributed by atoms with Crippen LogP contribution in [0.15, 0.2) is 67.3 Å². The van der Waals surface area contributed by atoms with Crippen LogP contribution in [0.4, 0.5) is 11.4 Å². The zero-order valence-corrected chi connectivity index (χ0v) is 18.2. The van der Waals surface area contributed by atoms with Crippen LogP contribution in [-0.2, 0) is 22.6 Å². The number of carbonyl (C=O) groups excluding carboxylic acids is 3. The largest absolute Gasteiger partial charge is 0.354 e. The van der Waals surface area contributed by atoms with E-state index in [4.69, 9.17) is 0 Å². The number of rotatable bonds is 9. The van der Waals surface area contributed by atoms with E-state index in [1.54, 1.807) is 55.1 Å². The van der Waals surface area contributed by atoms with Gasteiger partial charge in [0.05, 0.1) is 12.7 Å². The minimum absolute atomic E-state index is 0.0410. The Morgan fingerprint density at radius 1 is 0.969 bits per heavy atom. The lowest BCUT2D eigenvalue weighted by molar-refractivity contribution is -0.121. The van der Waals surface area contributed by atoms with Crippen LogP contribution in [0.3, 0.4) is 0 Å². The predicted octanol–water partition coefficient (Wildman–Crippen LogP) is 3.23. The molecule has 0 spiro atoms. The summed E-state index contributed by atoms with van der Waals surface area (Å²) in [5.41, 5.74) is 2.47. The fraction of sp³-hybridized carbons (Fsp3) is 0.250. The van der Waals surface area contributed by atoms with Crippen LogP contribution in [0.2, 0.25) is 0 Å². The van der Waals surface area contributed by atoms with Crippen molar-refractivity contribution in [3.8, 4) is 0 Å². The molecule has 0 aliphatic carbocycles. The molecule has 3 N–H and O–H groups in total. The van der Waals surface area contributed by atoms with E-state index in [-0.39, 0.29) is 30.2 Å². The zero-order valence-electron chi connectivity index (χ0n) is 18.2. The highest BCUT2D eigenvalue weighted by molar-refractivity contribution is 6.05. The fourth-order valence-electron chi connectivity index (χ4n) is 3.08. The molecular formula is C24H27N5O3. The van der Waals surface area contributed by atoms with E-state index >= 15 is 0 Å². The molecule has 0 aliphatic heterocycles. The second-order valence-electron chi connectivity index (χ2n) is 7.73. The predicted molar refractivity (Wildman–Crippen MR) is 123 cm³/mol. The quantitative estimate of drug-likeness (QED) is 0.482. The van der Waals surface area contributed by atoms with Gasteiger partial charge in [-0.25, -0.2) is 4.98 Å². The third-order valence-corrected chi connectivity index (χ3v) is 4.59. The first kappa shape index (κ1) is 22.7. The highest BCUT2D eigenvalue weighted by atomic mass is 16.2. The molecule has 0 radical (unpaired) electrons. The summed E-state index contributed by atoms with van der Waals surface area (Å²) in [6.07, 6.45) is 5.71. The number of aromatic nitrogens is 2. The number of hydrogen-bond donors (Lipinski definition) is 3. The number of aryl methyl sites for hydroxylation is 1. The molecule has 0 atom stereocenters. The number of nitrogens with one attached hydrogen (secondary N) is 3. The Balaban J connectivity index is 1.53. The lowest BCUT2D eigenvalue weighted by atomic mass is 10.1. The van der Waals surface area contributed by atoms with Gasteiger partial charge in [-0.15, -0.1) is 0 Å². The average Bonchev–Trinajstić information content (AvgIpc) is 3.27. The maximum atomic E-state index is 12.6. The van der Waals surface area contributed by atoms with Gasteiger partial charge in [-0.1, -0.05) is 18.2 Å². The SMILES string of the molecule is CC(C)NC(=O)Cc1ccc(NC(=O)c2cccc(NC(=O)CCn3ccnc3)c2)cc1. The molecule has 3 aromatic rings. The van der Waals surface area contributed by atoms with E-state index in [2.05, 4.69) is 20.9 Å². The molecule has 1 aromatic heterocycles. The van der Waals surface area contributed by atoms with Gasteiger partial charge in [0, 0.05) is 48.3 Å². The number of hydrogen-bond acceptors (Lipinski definition) is 4. The number of carbonyl (C=O) groups is 3. The van der Waals surface area contributed by atoms with E-state index in [1.165, 1.54) is 0 Å². The smallest absolute Gasteiger partial charge is 0.255 e. The first-order valence-corrected chi connectivity index (χ1v) is 10.4. The molecule has 8 heteroatoms. The summed E-state index contributed by atoms with van der Waals surface area (Å²) in [6, 6.07) is 14.0. The number of amides is 3. The van der Waals surface area contributed by atoms with Crippen molar-refractivity contribution in [2.75, 3.05) is 10.6 Å². The number of anilines is 2. The summed E-state index contributed by atoms with van der Waals surface area (Å²) in [7, 11) is 0. The van der Waals surface area contributed by atoms with Gasteiger partial charge in [0.15, 0.2) is 0 Å². The lowest BCUT2D eigenvalue weighted by Gasteiger charge is -2.10. The van der Waals surface area contributed by atoms with Crippen molar-refractivity contribution in [3.63, 3.8) is 0 Å². The second-order valence-corrected chi connectivity index (χ2v) is 7.73. The Labute approximate surface area is 187 Å². The van der Waals surface area contributed by atoms with Gasteiger partial charge < -0.3 is 20.5 Å². The van der Waals surface area contributed by atoms with Crippen LogP contribution in [0, 0.1) is 0 Å². The molecule has 0 saturated carbocycles. The van der Waals surface area contributed by atoms with E-state index in [1.807, 2.05) is 30.5 Å². The molecule has 32 heavy (non-hydrogen) atoms. The minimum atomic E-state index is -0.287. The van der Waals surface area contributed by atoms with Gasteiger partial charge in [0.25, 0.3) is 5.91 Å². The van der Waals surface area contributed by atoms with Crippen molar-refractivity contribution in [1.29, 1.82) is 0 Å². The van der Waals surface area contributed by atoms with Gasteiger partial charge in [-0.05, 0) is 49.7 Å².